The van der Waals surface area contributed by atoms with E-state index in [9.17, 15) is 4.39 Å². The molecule has 1 aliphatic rings. The van der Waals surface area contributed by atoms with E-state index < -0.39 is 12.2 Å². The summed E-state index contributed by atoms with van der Waals surface area (Å²) in [5.41, 5.74) is 0. The zero-order valence-corrected chi connectivity index (χ0v) is 4.66. The molecule has 9 heavy (non-hydrogen) atoms. The van der Waals surface area contributed by atoms with Crippen LogP contribution in [0.3, 0.4) is 0 Å². The van der Waals surface area contributed by atoms with E-state index in [0.717, 1.165) is 0 Å². The third kappa shape index (κ3) is 1.14. The molecule has 0 saturated heterocycles. The number of nitriles is 1. The van der Waals surface area contributed by atoms with Gasteiger partial charge in [0.2, 0.25) is 6.30 Å². The Morgan fingerprint density at radius 3 is 2.89 bits per heavy atom. The summed E-state index contributed by atoms with van der Waals surface area (Å²) in [5.74, 6) is -0.685. The van der Waals surface area contributed by atoms with Crippen LogP contribution in [-0.2, 0) is 0 Å². The monoisotopic (exact) mass is 124 g/mol. The Morgan fingerprint density at radius 1 is 1.67 bits per heavy atom. The number of dihydropyridines is 1. The maximum absolute atomic E-state index is 12.4. The van der Waals surface area contributed by atoms with Crippen molar-refractivity contribution in [1.82, 2.24) is 0 Å². The van der Waals surface area contributed by atoms with E-state index in [1.807, 2.05) is 0 Å². The van der Waals surface area contributed by atoms with Crippen LogP contribution in [0.15, 0.2) is 17.1 Å². The number of halogens is 1. The van der Waals surface area contributed by atoms with Crippen LogP contribution < -0.4 is 0 Å². The maximum atomic E-state index is 12.4. The molecular formula is C6H5FN2. The molecule has 0 aromatic carbocycles. The smallest absolute Gasteiger partial charge is 0.208 e. The predicted octanol–water partition coefficient (Wildman–Crippen LogP) is 1.06. The van der Waals surface area contributed by atoms with Gasteiger partial charge in [0.05, 0.1) is 6.07 Å². The van der Waals surface area contributed by atoms with Crippen LogP contribution in [0.4, 0.5) is 4.39 Å². The third-order valence-corrected chi connectivity index (χ3v) is 1.08. The second-order valence-electron chi connectivity index (χ2n) is 1.71. The van der Waals surface area contributed by atoms with Gasteiger partial charge in [-0.1, -0.05) is 6.08 Å². The number of rotatable bonds is 0. The van der Waals surface area contributed by atoms with Gasteiger partial charge in [-0.2, -0.15) is 5.26 Å². The van der Waals surface area contributed by atoms with Crippen LogP contribution in [0.1, 0.15) is 0 Å². The Hall–Kier alpha value is -1.17. The highest BCUT2D eigenvalue weighted by Gasteiger charge is 2.16. The molecule has 0 spiro atoms. The number of hydrogen-bond donors (Lipinski definition) is 0. The summed E-state index contributed by atoms with van der Waals surface area (Å²) in [5, 5.41) is 8.25. The average Bonchev–Trinajstić information content (AvgIpc) is 1.89. The minimum absolute atomic E-state index is 0.685. The number of aliphatic imine (C=N–C) groups is 1. The standard InChI is InChI=1S/C6H5FN2/c7-6-5(4-8)2-1-3-9-6/h1-3,5-6H. The van der Waals surface area contributed by atoms with Crippen molar-refractivity contribution in [3.8, 4) is 6.07 Å². The first kappa shape index (κ1) is 5.96. The fourth-order valence-electron chi connectivity index (χ4n) is 0.590. The lowest BCUT2D eigenvalue weighted by Gasteiger charge is -2.06. The molecule has 0 amide bonds. The van der Waals surface area contributed by atoms with Crippen molar-refractivity contribution in [3.63, 3.8) is 0 Å². The van der Waals surface area contributed by atoms with E-state index >= 15 is 0 Å². The Labute approximate surface area is 52.3 Å². The van der Waals surface area contributed by atoms with E-state index in [1.54, 1.807) is 12.1 Å². The summed E-state index contributed by atoms with van der Waals surface area (Å²) in [7, 11) is 0. The van der Waals surface area contributed by atoms with E-state index in [4.69, 9.17) is 5.26 Å². The van der Waals surface area contributed by atoms with Crippen molar-refractivity contribution in [1.29, 1.82) is 5.26 Å². The second-order valence-corrected chi connectivity index (χ2v) is 1.71. The van der Waals surface area contributed by atoms with Gasteiger partial charge in [0.25, 0.3) is 0 Å². The van der Waals surface area contributed by atoms with Gasteiger partial charge < -0.3 is 0 Å². The highest BCUT2D eigenvalue weighted by molar-refractivity contribution is 5.72. The van der Waals surface area contributed by atoms with Crippen molar-refractivity contribution in [3.05, 3.63) is 12.2 Å². The Balaban J connectivity index is 2.68. The molecule has 0 aliphatic carbocycles. The zero-order valence-electron chi connectivity index (χ0n) is 4.66. The zero-order chi connectivity index (χ0) is 6.69. The molecule has 0 bridgehead atoms. The molecule has 3 heteroatoms. The van der Waals surface area contributed by atoms with Crippen LogP contribution in [0.25, 0.3) is 0 Å². The Morgan fingerprint density at radius 2 is 2.44 bits per heavy atom. The molecule has 1 rings (SSSR count). The molecule has 2 unspecified atom stereocenters. The molecule has 2 atom stereocenters. The molecule has 0 aromatic rings. The fourth-order valence-corrected chi connectivity index (χ4v) is 0.590. The van der Waals surface area contributed by atoms with Gasteiger partial charge in [-0.05, 0) is 6.08 Å². The number of allylic oxidation sites excluding steroid dienone is 1. The van der Waals surface area contributed by atoms with Crippen molar-refractivity contribution in [2.75, 3.05) is 0 Å². The van der Waals surface area contributed by atoms with Gasteiger partial charge in [0, 0.05) is 6.21 Å². The third-order valence-electron chi connectivity index (χ3n) is 1.08. The lowest BCUT2D eigenvalue weighted by atomic mass is 10.1. The maximum Gasteiger partial charge on any atom is 0.208 e. The number of nitrogens with zero attached hydrogens (tertiary/aromatic N) is 2. The SMILES string of the molecule is N#CC1C=CC=NC1F. The molecule has 0 saturated carbocycles. The summed E-state index contributed by atoms with van der Waals surface area (Å²) in [6.07, 6.45) is 3.07. The molecule has 0 fully saturated rings. The van der Waals surface area contributed by atoms with Gasteiger partial charge in [0.1, 0.15) is 5.92 Å². The first-order valence-electron chi connectivity index (χ1n) is 2.58. The summed E-state index contributed by atoms with van der Waals surface area (Å²) in [4.78, 5) is 3.38. The summed E-state index contributed by atoms with van der Waals surface area (Å²) < 4.78 is 12.4. The van der Waals surface area contributed by atoms with Gasteiger partial charge in [-0.15, -0.1) is 0 Å². The molecular weight excluding hydrogens is 119 g/mol. The van der Waals surface area contributed by atoms with Gasteiger partial charge in [0.15, 0.2) is 0 Å². The average molecular weight is 124 g/mol. The Bertz CT molecular complexity index is 190. The van der Waals surface area contributed by atoms with Crippen LogP contribution in [-0.4, -0.2) is 12.5 Å². The van der Waals surface area contributed by atoms with Crippen molar-refractivity contribution >= 4 is 6.21 Å². The van der Waals surface area contributed by atoms with E-state index in [-0.39, 0.29) is 0 Å². The van der Waals surface area contributed by atoms with Crippen LogP contribution >= 0.6 is 0 Å². The summed E-state index contributed by atoms with van der Waals surface area (Å²) in [6, 6.07) is 1.78. The fraction of sp³-hybridized carbons (Fsp3) is 0.333. The number of alkyl halides is 1. The molecule has 0 radical (unpaired) electrons. The Kier molecular flexibility index (Phi) is 1.59. The van der Waals surface area contributed by atoms with Crippen molar-refractivity contribution in [2.24, 2.45) is 10.9 Å². The minimum Gasteiger partial charge on any atom is -0.255 e. The van der Waals surface area contributed by atoms with E-state index in [1.165, 1.54) is 12.3 Å². The minimum atomic E-state index is -1.36. The quantitative estimate of drug-likeness (QED) is 0.445. The molecule has 0 N–H and O–H groups in total. The first-order valence-corrected chi connectivity index (χ1v) is 2.58. The molecule has 0 aromatic heterocycles. The molecule has 1 aliphatic heterocycles. The van der Waals surface area contributed by atoms with Crippen molar-refractivity contribution < 1.29 is 4.39 Å². The van der Waals surface area contributed by atoms with E-state index in [0.29, 0.717) is 0 Å². The number of hydrogen-bond acceptors (Lipinski definition) is 2. The van der Waals surface area contributed by atoms with Gasteiger partial charge in [-0.25, -0.2) is 4.39 Å². The highest BCUT2D eigenvalue weighted by atomic mass is 19.1. The van der Waals surface area contributed by atoms with Crippen LogP contribution in [0, 0.1) is 17.2 Å². The lowest BCUT2D eigenvalue weighted by molar-refractivity contribution is 0.309. The summed E-state index contributed by atoms with van der Waals surface area (Å²) in [6.45, 7) is 0. The van der Waals surface area contributed by atoms with Gasteiger partial charge >= 0.3 is 0 Å². The van der Waals surface area contributed by atoms with Crippen molar-refractivity contribution in [2.45, 2.75) is 6.30 Å². The lowest BCUT2D eigenvalue weighted by Crippen LogP contribution is -2.11. The van der Waals surface area contributed by atoms with Gasteiger partial charge in [-0.3, -0.25) is 4.99 Å². The predicted molar refractivity (Wildman–Crippen MR) is 31.6 cm³/mol. The second kappa shape index (κ2) is 2.40. The molecule has 46 valence electrons. The largest absolute Gasteiger partial charge is 0.255 e. The summed E-state index contributed by atoms with van der Waals surface area (Å²) >= 11 is 0. The first-order chi connectivity index (χ1) is 4.34. The molecule has 1 heterocycles. The highest BCUT2D eigenvalue weighted by Crippen LogP contribution is 2.12. The van der Waals surface area contributed by atoms with E-state index in [2.05, 4.69) is 4.99 Å². The van der Waals surface area contributed by atoms with Crippen LogP contribution in [0.2, 0.25) is 0 Å². The van der Waals surface area contributed by atoms with Crippen LogP contribution in [0.5, 0.6) is 0 Å². The normalized spacial score (nSPS) is 32.0. The molecule has 2 nitrogen and oxygen atoms in total. The topological polar surface area (TPSA) is 36.1 Å².